The standard InChI is InChI=1S/C13H23N5O2/c1-5-20-9(4)6-16-13(19)11-10(18-14)7-15-12(17-11)8(2)3/h7-9,18H,5-6,14H2,1-4H3,(H,16,19). The third-order valence-electron chi connectivity index (χ3n) is 2.70. The van der Waals surface area contributed by atoms with Crippen LogP contribution in [0, 0.1) is 0 Å². The highest BCUT2D eigenvalue weighted by molar-refractivity contribution is 5.97. The van der Waals surface area contributed by atoms with E-state index in [1.165, 1.54) is 6.20 Å². The Hall–Kier alpha value is -1.73. The molecule has 112 valence electrons. The molecule has 0 saturated heterocycles. The first-order chi connectivity index (χ1) is 9.49. The Bertz CT molecular complexity index is 450. The minimum atomic E-state index is -0.297. The second-order valence-corrected chi connectivity index (χ2v) is 4.77. The summed E-state index contributed by atoms with van der Waals surface area (Å²) in [6.07, 6.45) is 1.47. The van der Waals surface area contributed by atoms with Crippen molar-refractivity contribution in [2.24, 2.45) is 5.84 Å². The quantitative estimate of drug-likeness (QED) is 0.510. The number of nitrogens with zero attached hydrogens (tertiary/aromatic N) is 2. The van der Waals surface area contributed by atoms with Gasteiger partial charge in [0.05, 0.1) is 18.0 Å². The van der Waals surface area contributed by atoms with E-state index in [4.69, 9.17) is 10.6 Å². The Kier molecular flexibility index (Phi) is 6.33. The van der Waals surface area contributed by atoms with Gasteiger partial charge in [-0.2, -0.15) is 0 Å². The van der Waals surface area contributed by atoms with E-state index in [0.717, 1.165) is 0 Å². The average molecular weight is 281 g/mol. The van der Waals surface area contributed by atoms with Crippen LogP contribution >= 0.6 is 0 Å². The summed E-state index contributed by atoms with van der Waals surface area (Å²) in [4.78, 5) is 20.6. The predicted octanol–water partition coefficient (Wildman–Crippen LogP) is 1.04. The Morgan fingerprint density at radius 2 is 2.15 bits per heavy atom. The Labute approximate surface area is 119 Å². The lowest BCUT2D eigenvalue weighted by Gasteiger charge is -2.14. The molecular weight excluding hydrogens is 258 g/mol. The molecule has 0 saturated carbocycles. The number of nitrogens with two attached hydrogens (primary N) is 1. The van der Waals surface area contributed by atoms with E-state index in [1.54, 1.807) is 0 Å². The van der Waals surface area contributed by atoms with Crippen LogP contribution in [0.3, 0.4) is 0 Å². The molecule has 7 nitrogen and oxygen atoms in total. The molecule has 0 aliphatic heterocycles. The lowest BCUT2D eigenvalue weighted by Crippen LogP contribution is -2.33. The number of hydrazine groups is 1. The van der Waals surface area contributed by atoms with E-state index in [2.05, 4.69) is 20.7 Å². The minimum Gasteiger partial charge on any atom is -0.377 e. The van der Waals surface area contributed by atoms with Crippen molar-refractivity contribution in [3.8, 4) is 0 Å². The lowest BCUT2D eigenvalue weighted by molar-refractivity contribution is 0.0693. The third-order valence-corrected chi connectivity index (χ3v) is 2.70. The number of hydrogen-bond donors (Lipinski definition) is 3. The van der Waals surface area contributed by atoms with Crippen LogP contribution in [0.4, 0.5) is 5.69 Å². The number of carbonyl (C=O) groups excluding carboxylic acids is 1. The van der Waals surface area contributed by atoms with E-state index < -0.39 is 0 Å². The van der Waals surface area contributed by atoms with E-state index in [-0.39, 0.29) is 23.6 Å². The van der Waals surface area contributed by atoms with Gasteiger partial charge in [-0.05, 0) is 13.8 Å². The van der Waals surface area contributed by atoms with E-state index in [0.29, 0.717) is 24.7 Å². The van der Waals surface area contributed by atoms with Gasteiger partial charge in [-0.1, -0.05) is 13.8 Å². The molecule has 1 heterocycles. The molecule has 0 bridgehead atoms. The summed E-state index contributed by atoms with van der Waals surface area (Å²) in [5, 5.41) is 2.77. The van der Waals surface area contributed by atoms with Crippen LogP contribution in [0.15, 0.2) is 6.20 Å². The van der Waals surface area contributed by atoms with Gasteiger partial charge >= 0.3 is 0 Å². The molecule has 0 spiro atoms. The number of hydrogen-bond acceptors (Lipinski definition) is 6. The van der Waals surface area contributed by atoms with Crippen LogP contribution in [0.1, 0.15) is 49.9 Å². The Balaban J connectivity index is 2.82. The summed E-state index contributed by atoms with van der Waals surface area (Å²) in [6.45, 7) is 8.75. The number of amides is 1. The second-order valence-electron chi connectivity index (χ2n) is 4.77. The molecule has 1 unspecified atom stereocenters. The zero-order chi connectivity index (χ0) is 15.1. The molecule has 4 N–H and O–H groups in total. The average Bonchev–Trinajstić information content (AvgIpc) is 2.44. The van der Waals surface area contributed by atoms with Crippen molar-refractivity contribution in [1.82, 2.24) is 15.3 Å². The fourth-order valence-corrected chi connectivity index (χ4v) is 1.62. The zero-order valence-electron chi connectivity index (χ0n) is 12.4. The minimum absolute atomic E-state index is 0.0513. The molecular formula is C13H23N5O2. The monoisotopic (exact) mass is 281 g/mol. The van der Waals surface area contributed by atoms with Gasteiger partial charge in [0.25, 0.3) is 5.91 Å². The maximum Gasteiger partial charge on any atom is 0.272 e. The van der Waals surface area contributed by atoms with Gasteiger partial charge in [0.2, 0.25) is 0 Å². The Morgan fingerprint density at radius 3 is 2.70 bits per heavy atom. The summed E-state index contributed by atoms with van der Waals surface area (Å²) in [7, 11) is 0. The maximum atomic E-state index is 12.2. The second kappa shape index (κ2) is 7.76. The largest absolute Gasteiger partial charge is 0.377 e. The molecule has 0 aromatic carbocycles. The molecule has 0 radical (unpaired) electrons. The van der Waals surface area contributed by atoms with E-state index in [9.17, 15) is 4.79 Å². The molecule has 1 atom stereocenters. The molecule has 1 aromatic heterocycles. The summed E-state index contributed by atoms with van der Waals surface area (Å²) in [6, 6.07) is 0. The highest BCUT2D eigenvalue weighted by atomic mass is 16.5. The number of rotatable bonds is 7. The summed E-state index contributed by atoms with van der Waals surface area (Å²) in [5.74, 6) is 5.82. The van der Waals surface area contributed by atoms with E-state index >= 15 is 0 Å². The molecule has 7 heteroatoms. The summed E-state index contributed by atoms with van der Waals surface area (Å²) in [5.41, 5.74) is 3.08. The first kappa shape index (κ1) is 16.3. The van der Waals surface area contributed by atoms with Crippen LogP contribution in [0.25, 0.3) is 0 Å². The highest BCUT2D eigenvalue weighted by Crippen LogP contribution is 2.15. The molecule has 20 heavy (non-hydrogen) atoms. The number of carbonyl (C=O) groups is 1. The smallest absolute Gasteiger partial charge is 0.272 e. The molecule has 1 aromatic rings. The number of nitrogens with one attached hydrogen (secondary N) is 2. The maximum absolute atomic E-state index is 12.2. The van der Waals surface area contributed by atoms with Crippen LogP contribution in [0.2, 0.25) is 0 Å². The number of nitrogen functional groups attached to an aromatic ring is 1. The van der Waals surface area contributed by atoms with Crippen molar-refractivity contribution in [3.63, 3.8) is 0 Å². The van der Waals surface area contributed by atoms with Crippen molar-refractivity contribution < 1.29 is 9.53 Å². The fourth-order valence-electron chi connectivity index (χ4n) is 1.62. The first-order valence-corrected chi connectivity index (χ1v) is 6.72. The molecule has 0 fully saturated rings. The van der Waals surface area contributed by atoms with Crippen molar-refractivity contribution in [1.29, 1.82) is 0 Å². The molecule has 1 amide bonds. The summed E-state index contributed by atoms with van der Waals surface area (Å²) < 4.78 is 5.36. The lowest BCUT2D eigenvalue weighted by atomic mass is 10.2. The van der Waals surface area contributed by atoms with Gasteiger partial charge in [-0.15, -0.1) is 0 Å². The normalized spacial score (nSPS) is 12.3. The van der Waals surface area contributed by atoms with Crippen molar-refractivity contribution in [3.05, 3.63) is 17.7 Å². The van der Waals surface area contributed by atoms with Gasteiger partial charge in [-0.25, -0.2) is 9.97 Å². The van der Waals surface area contributed by atoms with Crippen molar-refractivity contribution in [2.45, 2.75) is 39.7 Å². The summed E-state index contributed by atoms with van der Waals surface area (Å²) >= 11 is 0. The van der Waals surface area contributed by atoms with Gasteiger partial charge < -0.3 is 15.5 Å². The Morgan fingerprint density at radius 1 is 1.45 bits per heavy atom. The van der Waals surface area contributed by atoms with Crippen LogP contribution < -0.4 is 16.6 Å². The first-order valence-electron chi connectivity index (χ1n) is 6.72. The number of anilines is 1. The molecule has 0 aliphatic rings. The van der Waals surface area contributed by atoms with Crippen molar-refractivity contribution >= 4 is 11.6 Å². The number of ether oxygens (including phenoxy) is 1. The van der Waals surface area contributed by atoms with Gasteiger partial charge in [-0.3, -0.25) is 10.6 Å². The highest BCUT2D eigenvalue weighted by Gasteiger charge is 2.16. The number of aromatic nitrogens is 2. The third kappa shape index (κ3) is 4.43. The van der Waals surface area contributed by atoms with E-state index in [1.807, 2.05) is 27.7 Å². The van der Waals surface area contributed by atoms with Crippen LogP contribution in [-0.4, -0.2) is 35.1 Å². The van der Waals surface area contributed by atoms with Crippen LogP contribution in [-0.2, 0) is 4.74 Å². The van der Waals surface area contributed by atoms with Crippen molar-refractivity contribution in [2.75, 3.05) is 18.6 Å². The molecule has 0 aliphatic carbocycles. The predicted molar refractivity (Wildman–Crippen MR) is 77.4 cm³/mol. The zero-order valence-corrected chi connectivity index (χ0v) is 12.4. The van der Waals surface area contributed by atoms with Crippen LogP contribution in [0.5, 0.6) is 0 Å². The topological polar surface area (TPSA) is 102 Å². The van der Waals surface area contributed by atoms with Gasteiger partial charge in [0.15, 0.2) is 5.69 Å². The van der Waals surface area contributed by atoms with Gasteiger partial charge in [0, 0.05) is 19.1 Å². The SMILES string of the molecule is CCOC(C)CNC(=O)c1nc(C(C)C)ncc1NN. The molecule has 1 rings (SSSR count). The van der Waals surface area contributed by atoms with Gasteiger partial charge in [0.1, 0.15) is 5.82 Å². The fraction of sp³-hybridized carbons (Fsp3) is 0.615.